The van der Waals surface area contributed by atoms with Crippen LogP contribution in [0.3, 0.4) is 0 Å². The molecular formula is C21H20BrF4N5O. The quantitative estimate of drug-likeness (QED) is 0.438. The number of hydrogen-bond donors (Lipinski definition) is 1. The molecule has 1 amide bonds. The van der Waals surface area contributed by atoms with Crippen molar-refractivity contribution in [1.29, 1.82) is 0 Å². The molecule has 1 aliphatic rings. The van der Waals surface area contributed by atoms with E-state index in [0.29, 0.717) is 17.1 Å². The SMILES string of the molecule is Cc1cc(NC(=O)CCn2nc(C(F)(F)F)c(Br)c2C2CC2)nn1Cc1ccccc1F. The number of benzene rings is 1. The van der Waals surface area contributed by atoms with Crippen LogP contribution in [0.4, 0.5) is 23.4 Å². The summed E-state index contributed by atoms with van der Waals surface area (Å²) in [6.07, 6.45) is -3.04. The number of carbonyl (C=O) groups excluding carboxylic acids is 1. The lowest BCUT2D eigenvalue weighted by Crippen LogP contribution is -2.17. The van der Waals surface area contributed by atoms with E-state index in [1.807, 2.05) is 0 Å². The molecule has 1 saturated carbocycles. The number of halogens is 5. The smallest absolute Gasteiger partial charge is 0.309 e. The maximum Gasteiger partial charge on any atom is 0.436 e. The van der Waals surface area contributed by atoms with Gasteiger partial charge in [-0.15, -0.1) is 0 Å². The van der Waals surface area contributed by atoms with Gasteiger partial charge in [0.1, 0.15) is 5.82 Å². The Hall–Kier alpha value is -2.69. The van der Waals surface area contributed by atoms with Crippen molar-refractivity contribution >= 4 is 27.7 Å². The first kappa shape index (κ1) is 22.5. The molecule has 1 N–H and O–H groups in total. The second kappa shape index (κ2) is 8.68. The van der Waals surface area contributed by atoms with E-state index in [-0.39, 0.29) is 35.7 Å². The van der Waals surface area contributed by atoms with Crippen molar-refractivity contribution in [2.24, 2.45) is 0 Å². The van der Waals surface area contributed by atoms with Gasteiger partial charge in [0.2, 0.25) is 5.91 Å². The Balaban J connectivity index is 1.42. The van der Waals surface area contributed by atoms with Crippen molar-refractivity contribution in [2.45, 2.75) is 51.4 Å². The average molecular weight is 514 g/mol. The lowest BCUT2D eigenvalue weighted by atomic mass is 10.2. The number of aryl methyl sites for hydroxylation is 2. The number of nitrogens with one attached hydrogen (secondary N) is 1. The molecule has 0 unspecified atom stereocenters. The summed E-state index contributed by atoms with van der Waals surface area (Å²) in [6.45, 7) is 2.01. The fraction of sp³-hybridized carbons (Fsp3) is 0.381. The first-order valence-electron chi connectivity index (χ1n) is 10.0. The molecule has 2 heterocycles. The highest BCUT2D eigenvalue weighted by Crippen LogP contribution is 2.47. The van der Waals surface area contributed by atoms with E-state index in [9.17, 15) is 22.4 Å². The Morgan fingerprint density at radius 2 is 1.94 bits per heavy atom. The number of anilines is 1. The first-order chi connectivity index (χ1) is 15.1. The van der Waals surface area contributed by atoms with Crippen LogP contribution in [-0.4, -0.2) is 25.5 Å². The van der Waals surface area contributed by atoms with Crippen LogP contribution < -0.4 is 5.32 Å². The standard InChI is InChI=1S/C21H20BrF4N5O/c1-12-10-16(28-31(12)11-14-4-2-3-5-15(14)23)27-17(32)8-9-30-19(13-6-7-13)18(22)20(29-30)21(24,25)26/h2-5,10,13H,6-9,11H2,1H3,(H,27,28,32). The molecule has 1 aliphatic carbocycles. The van der Waals surface area contributed by atoms with Crippen molar-refractivity contribution in [1.82, 2.24) is 19.6 Å². The number of hydrogen-bond acceptors (Lipinski definition) is 3. The van der Waals surface area contributed by atoms with E-state index in [0.717, 1.165) is 18.5 Å². The van der Waals surface area contributed by atoms with E-state index < -0.39 is 17.8 Å². The van der Waals surface area contributed by atoms with Crippen molar-refractivity contribution in [3.8, 4) is 0 Å². The molecule has 2 aromatic heterocycles. The van der Waals surface area contributed by atoms with E-state index >= 15 is 0 Å². The number of alkyl halides is 3. The van der Waals surface area contributed by atoms with Gasteiger partial charge in [-0.3, -0.25) is 14.2 Å². The highest BCUT2D eigenvalue weighted by atomic mass is 79.9. The fourth-order valence-corrected chi connectivity index (χ4v) is 4.32. The van der Waals surface area contributed by atoms with E-state index in [2.05, 4.69) is 31.4 Å². The van der Waals surface area contributed by atoms with E-state index in [1.165, 1.54) is 10.7 Å². The summed E-state index contributed by atoms with van der Waals surface area (Å²) in [7, 11) is 0. The number of nitrogens with zero attached hydrogens (tertiary/aromatic N) is 4. The van der Waals surface area contributed by atoms with E-state index in [4.69, 9.17) is 0 Å². The lowest BCUT2D eigenvalue weighted by molar-refractivity contribution is -0.142. The van der Waals surface area contributed by atoms with E-state index in [1.54, 1.807) is 35.9 Å². The molecule has 4 rings (SSSR count). The number of aromatic nitrogens is 4. The third-order valence-corrected chi connectivity index (χ3v) is 6.02. The highest BCUT2D eigenvalue weighted by Gasteiger charge is 2.41. The van der Waals surface area contributed by atoms with Crippen molar-refractivity contribution < 1.29 is 22.4 Å². The summed E-state index contributed by atoms with van der Waals surface area (Å²) >= 11 is 3.04. The van der Waals surface area contributed by atoms with Crippen LogP contribution in [0.2, 0.25) is 0 Å². The van der Waals surface area contributed by atoms with Gasteiger partial charge in [0, 0.05) is 29.7 Å². The maximum absolute atomic E-state index is 13.9. The zero-order valence-electron chi connectivity index (χ0n) is 17.1. The Morgan fingerprint density at radius 3 is 2.59 bits per heavy atom. The fourth-order valence-electron chi connectivity index (χ4n) is 3.48. The summed E-state index contributed by atoms with van der Waals surface area (Å²) < 4.78 is 56.3. The van der Waals surface area contributed by atoms with Gasteiger partial charge in [-0.05, 0) is 41.8 Å². The van der Waals surface area contributed by atoms with Crippen molar-refractivity contribution in [3.05, 3.63) is 63.3 Å². The molecule has 6 nitrogen and oxygen atoms in total. The summed E-state index contributed by atoms with van der Waals surface area (Å²) in [5.74, 6) is -0.429. The molecule has 1 aromatic carbocycles. The largest absolute Gasteiger partial charge is 0.436 e. The molecule has 0 saturated heterocycles. The molecule has 0 atom stereocenters. The molecule has 0 aliphatic heterocycles. The first-order valence-corrected chi connectivity index (χ1v) is 10.8. The minimum Gasteiger partial charge on any atom is -0.309 e. The molecule has 3 aromatic rings. The topological polar surface area (TPSA) is 64.7 Å². The second-order valence-corrected chi connectivity index (χ2v) is 8.55. The summed E-state index contributed by atoms with van der Waals surface area (Å²) in [5.41, 5.74) is 0.705. The third kappa shape index (κ3) is 4.87. The average Bonchev–Trinajstić information content (AvgIpc) is 3.40. The third-order valence-electron chi connectivity index (χ3n) is 5.24. The van der Waals surface area contributed by atoms with Gasteiger partial charge in [0.25, 0.3) is 0 Å². The maximum atomic E-state index is 13.9. The molecule has 11 heteroatoms. The van der Waals surface area contributed by atoms with Crippen LogP contribution in [0.25, 0.3) is 0 Å². The number of amides is 1. The molecule has 32 heavy (non-hydrogen) atoms. The van der Waals surface area contributed by atoms with Crippen molar-refractivity contribution in [3.63, 3.8) is 0 Å². The molecule has 170 valence electrons. The molecule has 1 fully saturated rings. The van der Waals surface area contributed by atoms with Crippen LogP contribution in [0, 0.1) is 12.7 Å². The molecule has 0 radical (unpaired) electrons. The summed E-state index contributed by atoms with van der Waals surface area (Å²) in [6, 6.07) is 8.01. The number of carbonyl (C=O) groups is 1. The van der Waals surface area contributed by atoms with Gasteiger partial charge in [0.15, 0.2) is 11.5 Å². The number of rotatable bonds is 7. The minimum atomic E-state index is -4.57. The van der Waals surface area contributed by atoms with Gasteiger partial charge in [0.05, 0.1) is 23.3 Å². The van der Waals surface area contributed by atoms with Crippen LogP contribution >= 0.6 is 15.9 Å². The predicted molar refractivity (Wildman–Crippen MR) is 113 cm³/mol. The predicted octanol–water partition coefficient (Wildman–Crippen LogP) is 5.26. The Bertz CT molecular complexity index is 1150. The van der Waals surface area contributed by atoms with Crippen molar-refractivity contribution in [2.75, 3.05) is 5.32 Å². The van der Waals surface area contributed by atoms with Gasteiger partial charge in [-0.25, -0.2) is 4.39 Å². The lowest BCUT2D eigenvalue weighted by Gasteiger charge is -2.07. The van der Waals surface area contributed by atoms with Crippen LogP contribution in [0.5, 0.6) is 0 Å². The Kier molecular flexibility index (Phi) is 6.11. The monoisotopic (exact) mass is 513 g/mol. The second-order valence-electron chi connectivity index (χ2n) is 7.76. The van der Waals surface area contributed by atoms with Gasteiger partial charge < -0.3 is 5.32 Å². The Labute approximate surface area is 189 Å². The van der Waals surface area contributed by atoms with Crippen LogP contribution in [0.1, 0.15) is 47.8 Å². The Morgan fingerprint density at radius 1 is 1.22 bits per heavy atom. The minimum absolute atomic E-state index is 0.0151. The normalized spacial score (nSPS) is 14.1. The van der Waals surface area contributed by atoms with Gasteiger partial charge >= 0.3 is 6.18 Å². The van der Waals surface area contributed by atoms with Gasteiger partial charge in [-0.1, -0.05) is 18.2 Å². The zero-order valence-corrected chi connectivity index (χ0v) is 18.7. The summed E-state index contributed by atoms with van der Waals surface area (Å²) in [5, 5.41) is 10.6. The zero-order chi connectivity index (χ0) is 23.0. The van der Waals surface area contributed by atoms with Crippen LogP contribution in [-0.2, 0) is 24.1 Å². The molecular weight excluding hydrogens is 494 g/mol. The van der Waals surface area contributed by atoms with Crippen LogP contribution in [0.15, 0.2) is 34.8 Å². The summed E-state index contributed by atoms with van der Waals surface area (Å²) in [4.78, 5) is 12.4. The highest BCUT2D eigenvalue weighted by molar-refractivity contribution is 9.10. The van der Waals surface area contributed by atoms with Gasteiger partial charge in [-0.2, -0.15) is 23.4 Å². The molecule has 0 spiro atoms. The molecule has 0 bridgehead atoms.